The summed E-state index contributed by atoms with van der Waals surface area (Å²) in [6.45, 7) is 4.99. The van der Waals surface area contributed by atoms with Crippen LogP contribution >= 0.6 is 0 Å². The minimum absolute atomic E-state index is 0.327. The van der Waals surface area contributed by atoms with E-state index in [0.717, 1.165) is 32.7 Å². The summed E-state index contributed by atoms with van der Waals surface area (Å²) in [6.07, 6.45) is 1.60. The van der Waals surface area contributed by atoms with Crippen molar-refractivity contribution in [3.8, 4) is 17.1 Å². The van der Waals surface area contributed by atoms with Gasteiger partial charge in [0.05, 0.1) is 23.9 Å². The number of nitrogens with two attached hydrogens (primary N) is 1. The molecule has 3 aromatic heterocycles. The Morgan fingerprint density at radius 1 is 1.09 bits per heavy atom. The molecule has 1 aromatic carbocycles. The standard InChI is InChI=1S/C22H24FN7O2/c1-31-14-12-28-8-10-29(11-9-28)22-25-19(17-3-2-13-32-17)18-20(24)30(27-21(18)26-22)16-6-4-15(23)5-7-16/h2-7,13H,8-12,14,24H2,1H3. The first-order valence-corrected chi connectivity index (χ1v) is 10.5. The minimum atomic E-state index is -0.327. The summed E-state index contributed by atoms with van der Waals surface area (Å²) in [7, 11) is 1.71. The minimum Gasteiger partial charge on any atom is -0.463 e. The molecule has 4 heterocycles. The molecule has 10 heteroatoms. The average Bonchev–Trinajstić information content (AvgIpc) is 3.47. The highest BCUT2D eigenvalue weighted by Gasteiger charge is 2.24. The molecule has 0 radical (unpaired) electrons. The van der Waals surface area contributed by atoms with Crippen LogP contribution in [0.4, 0.5) is 16.2 Å². The molecule has 5 rings (SSSR count). The molecule has 1 fully saturated rings. The second kappa shape index (κ2) is 8.56. The number of halogens is 1. The van der Waals surface area contributed by atoms with E-state index in [-0.39, 0.29) is 5.82 Å². The van der Waals surface area contributed by atoms with Gasteiger partial charge in [0, 0.05) is 39.8 Å². The molecule has 166 valence electrons. The fraction of sp³-hybridized carbons (Fsp3) is 0.318. The number of methoxy groups -OCH3 is 1. The van der Waals surface area contributed by atoms with Gasteiger partial charge in [0.15, 0.2) is 11.4 Å². The van der Waals surface area contributed by atoms with Gasteiger partial charge in [0.1, 0.15) is 17.3 Å². The number of hydrogen-bond acceptors (Lipinski definition) is 8. The fourth-order valence-electron chi connectivity index (χ4n) is 3.90. The molecular weight excluding hydrogens is 413 g/mol. The number of hydrogen-bond donors (Lipinski definition) is 1. The molecule has 0 spiro atoms. The van der Waals surface area contributed by atoms with Gasteiger partial charge in [-0.1, -0.05) is 0 Å². The number of rotatable bonds is 6. The molecular formula is C22H24FN7O2. The molecule has 32 heavy (non-hydrogen) atoms. The molecule has 1 aliphatic rings. The SMILES string of the molecule is COCCN1CCN(c2nc(-c3ccco3)c3c(N)n(-c4ccc(F)cc4)nc3n2)CC1. The van der Waals surface area contributed by atoms with E-state index in [1.807, 2.05) is 6.07 Å². The van der Waals surface area contributed by atoms with Crippen molar-refractivity contribution in [1.29, 1.82) is 0 Å². The van der Waals surface area contributed by atoms with Crippen LogP contribution in [0.5, 0.6) is 0 Å². The Bertz CT molecular complexity index is 1200. The van der Waals surface area contributed by atoms with Crippen LogP contribution in [0.25, 0.3) is 28.2 Å². The second-order valence-electron chi connectivity index (χ2n) is 7.64. The molecule has 0 unspecified atom stereocenters. The van der Waals surface area contributed by atoms with E-state index < -0.39 is 0 Å². The Hall–Kier alpha value is -3.50. The Balaban J connectivity index is 1.55. The van der Waals surface area contributed by atoms with E-state index in [1.165, 1.54) is 12.1 Å². The zero-order chi connectivity index (χ0) is 22.1. The summed E-state index contributed by atoms with van der Waals surface area (Å²) in [6, 6.07) is 9.62. The number of piperazine rings is 1. The molecule has 2 N–H and O–H groups in total. The molecule has 9 nitrogen and oxygen atoms in total. The van der Waals surface area contributed by atoms with Gasteiger partial charge in [-0.2, -0.15) is 4.98 Å². The number of fused-ring (bicyclic) bond motifs is 1. The Morgan fingerprint density at radius 2 is 1.88 bits per heavy atom. The van der Waals surface area contributed by atoms with Crippen molar-refractivity contribution in [1.82, 2.24) is 24.6 Å². The molecule has 0 aliphatic carbocycles. The van der Waals surface area contributed by atoms with E-state index in [2.05, 4.69) is 14.9 Å². The molecule has 0 bridgehead atoms. The third-order valence-corrected chi connectivity index (χ3v) is 5.65. The van der Waals surface area contributed by atoms with Crippen molar-refractivity contribution < 1.29 is 13.5 Å². The number of nitrogens with zero attached hydrogens (tertiary/aromatic N) is 6. The Labute approximate surface area is 184 Å². The molecule has 1 saturated heterocycles. The van der Waals surface area contributed by atoms with Crippen LogP contribution in [-0.2, 0) is 4.74 Å². The van der Waals surface area contributed by atoms with E-state index in [9.17, 15) is 4.39 Å². The van der Waals surface area contributed by atoms with Gasteiger partial charge in [0.25, 0.3) is 0 Å². The maximum absolute atomic E-state index is 13.4. The lowest BCUT2D eigenvalue weighted by atomic mass is 10.2. The highest BCUT2D eigenvalue weighted by atomic mass is 19.1. The number of benzene rings is 1. The van der Waals surface area contributed by atoms with Crippen molar-refractivity contribution in [2.45, 2.75) is 0 Å². The first-order chi connectivity index (χ1) is 15.6. The van der Waals surface area contributed by atoms with Gasteiger partial charge in [-0.25, -0.2) is 14.1 Å². The first-order valence-electron chi connectivity index (χ1n) is 10.5. The number of anilines is 2. The van der Waals surface area contributed by atoms with Gasteiger partial charge in [-0.05, 0) is 36.4 Å². The zero-order valence-electron chi connectivity index (χ0n) is 17.7. The van der Waals surface area contributed by atoms with Crippen LogP contribution in [-0.4, -0.2) is 71.1 Å². The Morgan fingerprint density at radius 3 is 2.56 bits per heavy atom. The van der Waals surface area contributed by atoms with Gasteiger partial charge in [0.2, 0.25) is 5.95 Å². The fourth-order valence-corrected chi connectivity index (χ4v) is 3.90. The summed E-state index contributed by atoms with van der Waals surface area (Å²) in [5, 5.41) is 5.22. The lowest BCUT2D eigenvalue weighted by Crippen LogP contribution is -2.47. The van der Waals surface area contributed by atoms with Crippen LogP contribution in [0.3, 0.4) is 0 Å². The summed E-state index contributed by atoms with van der Waals surface area (Å²) < 4.78 is 25.8. The van der Waals surface area contributed by atoms with Crippen molar-refractivity contribution in [3.05, 3.63) is 48.5 Å². The topological polar surface area (TPSA) is 98.5 Å². The molecule has 0 saturated carbocycles. The monoisotopic (exact) mass is 437 g/mol. The largest absolute Gasteiger partial charge is 0.463 e. The van der Waals surface area contributed by atoms with Gasteiger partial charge in [-0.3, -0.25) is 4.90 Å². The van der Waals surface area contributed by atoms with Crippen molar-refractivity contribution in [2.75, 3.05) is 57.1 Å². The first kappa shape index (κ1) is 20.4. The summed E-state index contributed by atoms with van der Waals surface area (Å²) in [5.41, 5.74) is 8.15. The third-order valence-electron chi connectivity index (χ3n) is 5.65. The smallest absolute Gasteiger partial charge is 0.228 e. The van der Waals surface area contributed by atoms with Gasteiger partial charge < -0.3 is 19.8 Å². The number of nitrogen functional groups attached to an aromatic ring is 1. The molecule has 0 amide bonds. The summed E-state index contributed by atoms with van der Waals surface area (Å²) in [5.74, 6) is 1.21. The van der Waals surface area contributed by atoms with E-state index in [4.69, 9.17) is 24.9 Å². The second-order valence-corrected chi connectivity index (χ2v) is 7.64. The van der Waals surface area contributed by atoms with Crippen molar-refractivity contribution >= 4 is 22.8 Å². The third kappa shape index (κ3) is 3.78. The van der Waals surface area contributed by atoms with Gasteiger partial charge >= 0.3 is 0 Å². The van der Waals surface area contributed by atoms with Crippen molar-refractivity contribution in [3.63, 3.8) is 0 Å². The maximum atomic E-state index is 13.4. The van der Waals surface area contributed by atoms with E-state index >= 15 is 0 Å². The van der Waals surface area contributed by atoms with Gasteiger partial charge in [-0.15, -0.1) is 5.10 Å². The Kier molecular flexibility index (Phi) is 5.46. The van der Waals surface area contributed by atoms with Crippen molar-refractivity contribution in [2.24, 2.45) is 0 Å². The summed E-state index contributed by atoms with van der Waals surface area (Å²) in [4.78, 5) is 14.0. The van der Waals surface area contributed by atoms with Crippen LogP contribution in [0.1, 0.15) is 0 Å². The van der Waals surface area contributed by atoms with E-state index in [1.54, 1.807) is 36.3 Å². The molecule has 0 atom stereocenters. The van der Waals surface area contributed by atoms with E-state index in [0.29, 0.717) is 46.5 Å². The molecule has 1 aliphatic heterocycles. The maximum Gasteiger partial charge on any atom is 0.228 e. The number of furan rings is 1. The predicted molar refractivity (Wildman–Crippen MR) is 119 cm³/mol. The number of aromatic nitrogens is 4. The quantitative estimate of drug-likeness (QED) is 0.492. The normalized spacial score (nSPS) is 15.0. The number of ether oxygens (including phenoxy) is 1. The van der Waals surface area contributed by atoms with Crippen LogP contribution in [0.2, 0.25) is 0 Å². The highest BCUT2D eigenvalue weighted by Crippen LogP contribution is 2.33. The zero-order valence-corrected chi connectivity index (χ0v) is 17.7. The highest BCUT2D eigenvalue weighted by molar-refractivity contribution is 5.98. The molecule has 4 aromatic rings. The van der Waals surface area contributed by atoms with Crippen LogP contribution < -0.4 is 10.6 Å². The lowest BCUT2D eigenvalue weighted by molar-refractivity contribution is 0.144. The summed E-state index contributed by atoms with van der Waals surface area (Å²) >= 11 is 0. The van der Waals surface area contributed by atoms with Crippen LogP contribution in [0, 0.1) is 5.82 Å². The lowest BCUT2D eigenvalue weighted by Gasteiger charge is -2.34. The average molecular weight is 437 g/mol. The predicted octanol–water partition coefficient (Wildman–Crippen LogP) is 2.57. The van der Waals surface area contributed by atoms with Crippen LogP contribution in [0.15, 0.2) is 47.1 Å².